The minimum Gasteiger partial charge on any atom is -0.489 e. The van der Waals surface area contributed by atoms with Gasteiger partial charge < -0.3 is 4.74 Å². The number of rotatable bonds is 4. The van der Waals surface area contributed by atoms with Gasteiger partial charge in [0, 0.05) is 10.5 Å². The van der Waals surface area contributed by atoms with Crippen LogP contribution in [0.2, 0.25) is 0 Å². The van der Waals surface area contributed by atoms with Gasteiger partial charge in [0.25, 0.3) is 0 Å². The van der Waals surface area contributed by atoms with Crippen molar-refractivity contribution < 1.29 is 4.74 Å². The molecule has 0 aromatic heterocycles. The van der Waals surface area contributed by atoms with Crippen molar-refractivity contribution in [3.05, 3.63) is 71.8 Å². The van der Waals surface area contributed by atoms with Gasteiger partial charge in [-0.2, -0.15) is 11.8 Å². The zero-order valence-corrected chi connectivity index (χ0v) is 14.1. The van der Waals surface area contributed by atoms with Crippen LogP contribution >= 0.6 is 11.8 Å². The third-order valence-corrected chi connectivity index (χ3v) is 6.18. The van der Waals surface area contributed by atoms with Gasteiger partial charge in [-0.25, -0.2) is 0 Å². The van der Waals surface area contributed by atoms with Gasteiger partial charge in [0.05, 0.1) is 0 Å². The Morgan fingerprint density at radius 3 is 2.78 bits per heavy atom. The summed E-state index contributed by atoms with van der Waals surface area (Å²) in [6.45, 7) is 0.629. The zero-order chi connectivity index (χ0) is 15.5. The molecule has 0 radical (unpaired) electrons. The Balaban J connectivity index is 1.49. The van der Waals surface area contributed by atoms with Gasteiger partial charge >= 0.3 is 0 Å². The zero-order valence-electron chi connectivity index (χ0n) is 13.3. The molecule has 118 valence electrons. The van der Waals surface area contributed by atoms with E-state index in [9.17, 15) is 0 Å². The van der Waals surface area contributed by atoms with Gasteiger partial charge in [-0.15, -0.1) is 0 Å². The highest BCUT2D eigenvalue weighted by Gasteiger charge is 2.27. The average Bonchev–Trinajstić information content (AvgIpc) is 2.61. The number of allylic oxidation sites excluding steroid dienone is 1. The van der Waals surface area contributed by atoms with Gasteiger partial charge in [0.15, 0.2) is 0 Å². The lowest BCUT2D eigenvalue weighted by atomic mass is 9.93. The summed E-state index contributed by atoms with van der Waals surface area (Å²) in [6.07, 6.45) is 7.82. The smallest absolute Gasteiger partial charge is 0.120 e. The van der Waals surface area contributed by atoms with Crippen LogP contribution in [0, 0.1) is 0 Å². The van der Waals surface area contributed by atoms with E-state index in [1.807, 2.05) is 6.07 Å². The first kappa shape index (κ1) is 14.9. The lowest BCUT2D eigenvalue weighted by Crippen LogP contribution is -2.21. The second-order valence-electron chi connectivity index (χ2n) is 6.43. The van der Waals surface area contributed by atoms with E-state index in [0.717, 1.165) is 16.2 Å². The van der Waals surface area contributed by atoms with E-state index in [0.29, 0.717) is 6.61 Å². The number of hydrogen-bond acceptors (Lipinski definition) is 2. The fraction of sp³-hybridized carbons (Fsp3) is 0.333. The minimum absolute atomic E-state index is 0.629. The summed E-state index contributed by atoms with van der Waals surface area (Å²) < 4.78 is 5.99. The highest BCUT2D eigenvalue weighted by atomic mass is 32.2. The van der Waals surface area contributed by atoms with E-state index in [2.05, 4.69) is 66.4 Å². The molecule has 2 aliphatic rings. The van der Waals surface area contributed by atoms with E-state index in [1.54, 1.807) is 0 Å². The van der Waals surface area contributed by atoms with E-state index in [-0.39, 0.29) is 0 Å². The Morgan fingerprint density at radius 1 is 1.00 bits per heavy atom. The maximum Gasteiger partial charge on any atom is 0.120 e. The van der Waals surface area contributed by atoms with Gasteiger partial charge in [0.1, 0.15) is 12.4 Å². The van der Waals surface area contributed by atoms with Crippen molar-refractivity contribution in [1.82, 2.24) is 0 Å². The fourth-order valence-electron chi connectivity index (χ4n) is 3.48. The molecule has 0 spiro atoms. The highest BCUT2D eigenvalue weighted by Crippen LogP contribution is 2.43. The summed E-state index contributed by atoms with van der Waals surface area (Å²) in [6, 6.07) is 19.0. The molecule has 0 N–H and O–H groups in total. The van der Waals surface area contributed by atoms with Crippen LogP contribution in [0.25, 0.3) is 5.57 Å². The first-order valence-corrected chi connectivity index (χ1v) is 9.44. The van der Waals surface area contributed by atoms with E-state index in [1.165, 1.54) is 42.4 Å². The Bertz CT molecular complexity index is 692. The van der Waals surface area contributed by atoms with Gasteiger partial charge in [-0.3, -0.25) is 0 Å². The summed E-state index contributed by atoms with van der Waals surface area (Å²) in [5, 5.41) is 1.55. The minimum atomic E-state index is 0.629. The predicted molar refractivity (Wildman–Crippen MR) is 98.8 cm³/mol. The molecular weight excluding hydrogens is 300 g/mol. The number of thioether (sulfide) groups is 1. The molecular formula is C21H22OS. The second kappa shape index (κ2) is 6.84. The fourth-order valence-corrected chi connectivity index (χ4v) is 5.10. The Labute approximate surface area is 142 Å². The summed E-state index contributed by atoms with van der Waals surface area (Å²) in [5.41, 5.74) is 4.07. The number of benzene rings is 2. The van der Waals surface area contributed by atoms with E-state index in [4.69, 9.17) is 4.74 Å². The highest BCUT2D eigenvalue weighted by molar-refractivity contribution is 8.00. The first-order valence-electron chi connectivity index (χ1n) is 8.50. The molecule has 2 bridgehead atoms. The largest absolute Gasteiger partial charge is 0.489 e. The quantitative estimate of drug-likeness (QED) is 0.713. The molecule has 4 rings (SSSR count). The van der Waals surface area contributed by atoms with Crippen LogP contribution in [0.1, 0.15) is 36.8 Å². The van der Waals surface area contributed by atoms with Crippen molar-refractivity contribution in [3.8, 4) is 5.75 Å². The van der Waals surface area contributed by atoms with Crippen molar-refractivity contribution in [2.75, 3.05) is 0 Å². The van der Waals surface area contributed by atoms with Crippen molar-refractivity contribution >= 4 is 17.3 Å². The van der Waals surface area contributed by atoms with Crippen LogP contribution in [-0.2, 0) is 6.61 Å². The van der Waals surface area contributed by atoms with Crippen molar-refractivity contribution in [1.29, 1.82) is 0 Å². The first-order chi connectivity index (χ1) is 11.4. The monoisotopic (exact) mass is 322 g/mol. The maximum atomic E-state index is 5.99. The Hall–Kier alpha value is -1.67. The summed E-state index contributed by atoms with van der Waals surface area (Å²) in [5.74, 6) is 0.968. The molecule has 23 heavy (non-hydrogen) atoms. The molecule has 0 amide bonds. The predicted octanol–water partition coefficient (Wildman–Crippen LogP) is 5.71. The van der Waals surface area contributed by atoms with Crippen molar-refractivity contribution in [2.24, 2.45) is 0 Å². The molecule has 2 aromatic rings. The third kappa shape index (κ3) is 3.64. The van der Waals surface area contributed by atoms with E-state index < -0.39 is 0 Å². The summed E-state index contributed by atoms with van der Waals surface area (Å²) in [4.78, 5) is 0. The van der Waals surface area contributed by atoms with Crippen LogP contribution in [0.15, 0.2) is 60.7 Å². The van der Waals surface area contributed by atoms with Gasteiger partial charge in [0.2, 0.25) is 0 Å². The number of ether oxygens (including phenoxy) is 1. The Morgan fingerprint density at radius 2 is 1.91 bits per heavy atom. The summed E-state index contributed by atoms with van der Waals surface area (Å²) in [7, 11) is 0. The molecule has 0 aliphatic carbocycles. The number of fused-ring (bicyclic) bond motifs is 2. The van der Waals surface area contributed by atoms with Crippen LogP contribution in [0.5, 0.6) is 5.75 Å². The lowest BCUT2D eigenvalue weighted by Gasteiger charge is -2.33. The van der Waals surface area contributed by atoms with E-state index >= 15 is 0 Å². The van der Waals surface area contributed by atoms with Crippen LogP contribution in [-0.4, -0.2) is 10.5 Å². The molecule has 1 fully saturated rings. The third-order valence-electron chi connectivity index (χ3n) is 4.67. The molecule has 2 unspecified atom stereocenters. The van der Waals surface area contributed by atoms with Crippen molar-refractivity contribution in [3.63, 3.8) is 0 Å². The van der Waals surface area contributed by atoms with Crippen molar-refractivity contribution in [2.45, 2.75) is 42.8 Å². The van der Waals surface area contributed by atoms with Crippen LogP contribution < -0.4 is 4.74 Å². The topological polar surface area (TPSA) is 9.23 Å². The van der Waals surface area contributed by atoms with Crippen LogP contribution in [0.3, 0.4) is 0 Å². The molecule has 0 saturated carbocycles. The molecule has 2 aromatic carbocycles. The molecule has 2 heterocycles. The number of hydrogen-bond donors (Lipinski definition) is 0. The lowest BCUT2D eigenvalue weighted by molar-refractivity contribution is 0.306. The standard InChI is InChI=1S/C21H22OS/c1-2-6-16(7-3-1)15-22-19-9-4-8-17(12-19)18-13-20-10-5-11-21(14-18)23-20/h1-4,6-9,12-13,20-21H,5,10-11,14-15H2. The molecule has 2 heteroatoms. The van der Waals surface area contributed by atoms with Gasteiger partial charge in [-0.05, 0) is 48.1 Å². The summed E-state index contributed by atoms with van der Waals surface area (Å²) >= 11 is 2.18. The molecule has 2 aliphatic heterocycles. The van der Waals surface area contributed by atoms with Crippen LogP contribution in [0.4, 0.5) is 0 Å². The second-order valence-corrected chi connectivity index (χ2v) is 7.97. The van der Waals surface area contributed by atoms with Gasteiger partial charge in [-0.1, -0.05) is 55.0 Å². The average molecular weight is 322 g/mol. The SMILES string of the molecule is C1=C(c2cccc(OCc3ccccc3)c2)CC2CCCC1S2. The molecule has 2 atom stereocenters. The normalized spacial score (nSPS) is 23.2. The molecule has 1 saturated heterocycles. The molecule has 1 nitrogen and oxygen atoms in total. The maximum absolute atomic E-state index is 5.99. The Kier molecular flexibility index (Phi) is 4.43.